The normalized spacial score (nSPS) is 12.1. The fraction of sp³-hybridized carbons (Fsp3) is 0.200. The quantitative estimate of drug-likeness (QED) is 0.460. The van der Waals surface area contributed by atoms with Crippen LogP contribution in [-0.2, 0) is 27.4 Å². The SMILES string of the molecule is CSc1nn(CC(=O)Nc2cc(C(F)(F)F)ccc2Cl)c(N)c1S(=O)(=O)c1ccc(C)cc1. The van der Waals surface area contributed by atoms with Crippen LogP contribution in [0.2, 0.25) is 5.02 Å². The number of rotatable bonds is 6. The van der Waals surface area contributed by atoms with E-state index in [1.54, 1.807) is 18.4 Å². The first-order valence-electron chi connectivity index (χ1n) is 9.23. The summed E-state index contributed by atoms with van der Waals surface area (Å²) in [5.74, 6) is -1.07. The lowest BCUT2D eigenvalue weighted by Gasteiger charge is -2.12. The van der Waals surface area contributed by atoms with Gasteiger partial charge in [0, 0.05) is 0 Å². The van der Waals surface area contributed by atoms with Crippen LogP contribution in [0.3, 0.4) is 0 Å². The van der Waals surface area contributed by atoms with Crippen LogP contribution in [0.5, 0.6) is 0 Å². The maximum absolute atomic E-state index is 13.1. The predicted octanol–water partition coefficient (Wildman–Crippen LogP) is 4.64. The van der Waals surface area contributed by atoms with Crippen LogP contribution >= 0.6 is 23.4 Å². The lowest BCUT2D eigenvalue weighted by molar-refractivity contribution is -0.137. The van der Waals surface area contributed by atoms with Crippen molar-refractivity contribution in [2.45, 2.75) is 34.5 Å². The molecule has 176 valence electrons. The van der Waals surface area contributed by atoms with E-state index in [9.17, 15) is 26.4 Å². The standard InChI is InChI=1S/C20H18ClF3N4O3S2/c1-11-3-6-13(7-4-11)33(30,31)17-18(25)28(27-19(17)32-2)10-16(29)26-15-9-12(20(22,23)24)5-8-14(15)21/h3-9H,10,25H2,1-2H3,(H,26,29). The van der Waals surface area contributed by atoms with Crippen molar-refractivity contribution in [1.82, 2.24) is 9.78 Å². The van der Waals surface area contributed by atoms with E-state index in [1.165, 1.54) is 12.1 Å². The third kappa shape index (κ3) is 5.28. The number of nitrogens with zero attached hydrogens (tertiary/aromatic N) is 2. The highest BCUT2D eigenvalue weighted by Crippen LogP contribution is 2.35. The molecule has 0 fully saturated rings. The van der Waals surface area contributed by atoms with Crippen molar-refractivity contribution in [2.24, 2.45) is 0 Å². The van der Waals surface area contributed by atoms with Gasteiger partial charge in [0.2, 0.25) is 15.7 Å². The Morgan fingerprint density at radius 1 is 1.21 bits per heavy atom. The number of hydrogen-bond acceptors (Lipinski definition) is 6. The second-order valence-electron chi connectivity index (χ2n) is 6.94. The molecular formula is C20H18ClF3N4O3S2. The smallest absolute Gasteiger partial charge is 0.383 e. The average molecular weight is 519 g/mol. The maximum Gasteiger partial charge on any atom is 0.416 e. The number of amides is 1. The van der Waals surface area contributed by atoms with Gasteiger partial charge in [0.1, 0.15) is 22.3 Å². The Kier molecular flexibility index (Phi) is 7.01. The van der Waals surface area contributed by atoms with E-state index in [0.717, 1.165) is 34.1 Å². The predicted molar refractivity (Wildman–Crippen MR) is 120 cm³/mol. The number of hydrogen-bond donors (Lipinski definition) is 2. The molecule has 2 aromatic carbocycles. The zero-order valence-electron chi connectivity index (χ0n) is 17.3. The highest BCUT2D eigenvalue weighted by atomic mass is 35.5. The summed E-state index contributed by atoms with van der Waals surface area (Å²) in [7, 11) is -4.04. The van der Waals surface area contributed by atoms with E-state index in [1.807, 2.05) is 6.92 Å². The van der Waals surface area contributed by atoms with Gasteiger partial charge in [-0.15, -0.1) is 11.8 Å². The lowest BCUT2D eigenvalue weighted by Crippen LogP contribution is -2.21. The minimum Gasteiger partial charge on any atom is -0.383 e. The van der Waals surface area contributed by atoms with E-state index < -0.39 is 34.0 Å². The van der Waals surface area contributed by atoms with Crippen molar-refractivity contribution in [1.29, 1.82) is 0 Å². The van der Waals surface area contributed by atoms with Gasteiger partial charge in [0.25, 0.3) is 0 Å². The van der Waals surface area contributed by atoms with Crippen LogP contribution in [0.1, 0.15) is 11.1 Å². The number of nitrogens with two attached hydrogens (primary N) is 1. The van der Waals surface area contributed by atoms with Crippen molar-refractivity contribution >= 4 is 50.6 Å². The average Bonchev–Trinajstić information content (AvgIpc) is 3.05. The number of benzene rings is 2. The monoisotopic (exact) mass is 518 g/mol. The van der Waals surface area contributed by atoms with Crippen LogP contribution in [0.15, 0.2) is 57.3 Å². The molecule has 3 N–H and O–H groups in total. The van der Waals surface area contributed by atoms with E-state index in [0.29, 0.717) is 6.07 Å². The van der Waals surface area contributed by atoms with Crippen LogP contribution in [0.4, 0.5) is 24.7 Å². The van der Waals surface area contributed by atoms with Crippen LogP contribution < -0.4 is 11.1 Å². The Morgan fingerprint density at radius 2 is 1.85 bits per heavy atom. The molecule has 0 saturated carbocycles. The third-order valence-corrected chi connectivity index (χ3v) is 7.53. The molecule has 0 atom stereocenters. The summed E-state index contributed by atoms with van der Waals surface area (Å²) >= 11 is 6.93. The second kappa shape index (κ2) is 9.27. The number of alkyl halides is 3. The molecule has 13 heteroatoms. The number of carbonyl (C=O) groups excluding carboxylic acids is 1. The summed E-state index contributed by atoms with van der Waals surface area (Å²) in [5, 5.41) is 6.36. The Balaban J connectivity index is 1.91. The van der Waals surface area contributed by atoms with Crippen LogP contribution in [0.25, 0.3) is 0 Å². The first-order valence-corrected chi connectivity index (χ1v) is 12.3. The topological polar surface area (TPSA) is 107 Å². The van der Waals surface area contributed by atoms with Gasteiger partial charge in [0.05, 0.1) is 21.2 Å². The molecule has 1 amide bonds. The number of sulfone groups is 1. The summed E-state index contributed by atoms with van der Waals surface area (Å²) < 4.78 is 66.1. The molecule has 0 aliphatic carbocycles. The number of nitrogen functional groups attached to an aromatic ring is 1. The summed E-state index contributed by atoms with van der Waals surface area (Å²) in [6.07, 6.45) is -3.02. The highest BCUT2D eigenvalue weighted by Gasteiger charge is 2.32. The number of halogens is 4. The Hall–Kier alpha value is -2.70. The molecular weight excluding hydrogens is 501 g/mol. The number of anilines is 2. The van der Waals surface area contributed by atoms with Gasteiger partial charge >= 0.3 is 6.18 Å². The summed E-state index contributed by atoms with van der Waals surface area (Å²) in [6, 6.07) is 8.66. The molecule has 0 unspecified atom stereocenters. The van der Waals surface area contributed by atoms with E-state index in [-0.39, 0.29) is 31.3 Å². The summed E-state index contributed by atoms with van der Waals surface area (Å²) in [4.78, 5) is 12.3. The Labute approximate surface area is 197 Å². The molecule has 0 saturated heterocycles. The third-order valence-electron chi connectivity index (χ3n) is 4.57. The minimum atomic E-state index is -4.62. The van der Waals surface area contributed by atoms with E-state index in [2.05, 4.69) is 10.4 Å². The Bertz CT molecular complexity index is 1310. The summed E-state index contributed by atoms with van der Waals surface area (Å²) in [5.41, 5.74) is 5.67. The molecule has 33 heavy (non-hydrogen) atoms. The zero-order valence-corrected chi connectivity index (χ0v) is 19.7. The zero-order chi connectivity index (χ0) is 24.6. The molecule has 7 nitrogen and oxygen atoms in total. The Morgan fingerprint density at radius 3 is 2.42 bits per heavy atom. The van der Waals surface area contributed by atoms with Crippen molar-refractivity contribution in [3.05, 3.63) is 58.6 Å². The fourth-order valence-corrected chi connectivity index (χ4v) is 5.50. The maximum atomic E-state index is 13.1. The summed E-state index contributed by atoms with van der Waals surface area (Å²) in [6.45, 7) is 1.26. The van der Waals surface area contributed by atoms with Gasteiger partial charge in [-0.1, -0.05) is 29.3 Å². The highest BCUT2D eigenvalue weighted by molar-refractivity contribution is 7.99. The fourth-order valence-electron chi connectivity index (χ4n) is 2.90. The number of nitrogens with one attached hydrogen (secondary N) is 1. The lowest BCUT2D eigenvalue weighted by atomic mass is 10.2. The number of aromatic nitrogens is 2. The number of carbonyl (C=O) groups is 1. The molecule has 0 aliphatic heterocycles. The first-order chi connectivity index (χ1) is 15.3. The number of aryl methyl sites for hydroxylation is 1. The van der Waals surface area contributed by atoms with Gasteiger partial charge in [-0.05, 0) is 43.5 Å². The van der Waals surface area contributed by atoms with Crippen LogP contribution in [0, 0.1) is 6.92 Å². The van der Waals surface area contributed by atoms with Gasteiger partial charge in [0.15, 0.2) is 0 Å². The van der Waals surface area contributed by atoms with Gasteiger partial charge in [-0.25, -0.2) is 13.1 Å². The van der Waals surface area contributed by atoms with E-state index in [4.69, 9.17) is 17.3 Å². The second-order valence-corrected chi connectivity index (χ2v) is 10.0. The van der Waals surface area contributed by atoms with Crippen molar-refractivity contribution in [3.8, 4) is 0 Å². The molecule has 1 heterocycles. The molecule has 0 spiro atoms. The molecule has 1 aromatic heterocycles. The van der Waals surface area contributed by atoms with Gasteiger partial charge in [-0.3, -0.25) is 4.79 Å². The van der Waals surface area contributed by atoms with Gasteiger partial charge in [-0.2, -0.15) is 18.3 Å². The van der Waals surface area contributed by atoms with Crippen molar-refractivity contribution < 1.29 is 26.4 Å². The minimum absolute atomic E-state index is 0.00912. The molecule has 3 rings (SSSR count). The van der Waals surface area contributed by atoms with Gasteiger partial charge < -0.3 is 11.1 Å². The molecule has 0 radical (unpaired) electrons. The molecule has 0 aliphatic rings. The molecule has 3 aromatic rings. The first kappa shape index (κ1) is 24.9. The van der Waals surface area contributed by atoms with Crippen molar-refractivity contribution in [2.75, 3.05) is 17.3 Å². The largest absolute Gasteiger partial charge is 0.416 e. The number of thioether (sulfide) groups is 1. The van der Waals surface area contributed by atoms with Crippen LogP contribution in [-0.4, -0.2) is 30.4 Å². The van der Waals surface area contributed by atoms with Crippen molar-refractivity contribution in [3.63, 3.8) is 0 Å². The molecule has 0 bridgehead atoms. The van der Waals surface area contributed by atoms with E-state index >= 15 is 0 Å².